The molecular formula is C11H11NO4. The minimum Gasteiger partial charge on any atom is -0.383 e. The van der Waals surface area contributed by atoms with Gasteiger partial charge < -0.3 is 5.11 Å². The van der Waals surface area contributed by atoms with Crippen molar-refractivity contribution >= 4 is 11.8 Å². The third kappa shape index (κ3) is 2.10. The highest BCUT2D eigenvalue weighted by Crippen LogP contribution is 2.14. The van der Waals surface area contributed by atoms with E-state index in [0.29, 0.717) is 5.06 Å². The summed E-state index contributed by atoms with van der Waals surface area (Å²) in [6.45, 7) is 0.130. The molecule has 1 aliphatic heterocycles. The Hall–Kier alpha value is -1.72. The first-order chi connectivity index (χ1) is 7.68. The Kier molecular flexibility index (Phi) is 2.98. The molecule has 1 saturated heterocycles. The van der Waals surface area contributed by atoms with E-state index < -0.39 is 17.9 Å². The van der Waals surface area contributed by atoms with Crippen LogP contribution in [0.1, 0.15) is 12.0 Å². The molecule has 2 amide bonds. The van der Waals surface area contributed by atoms with E-state index in [9.17, 15) is 9.59 Å². The number of carbonyl (C=O) groups excluding carboxylic acids is 2. The second-order valence-corrected chi connectivity index (χ2v) is 3.51. The molecule has 1 atom stereocenters. The molecule has 16 heavy (non-hydrogen) atoms. The molecule has 1 fully saturated rings. The summed E-state index contributed by atoms with van der Waals surface area (Å²) < 4.78 is 0. The van der Waals surface area contributed by atoms with Crippen LogP contribution in [-0.2, 0) is 21.0 Å². The molecular weight excluding hydrogens is 210 g/mol. The molecule has 0 radical (unpaired) electrons. The average Bonchev–Trinajstić information content (AvgIpc) is 2.53. The summed E-state index contributed by atoms with van der Waals surface area (Å²) in [5.41, 5.74) is 0.851. The van der Waals surface area contributed by atoms with E-state index in [4.69, 9.17) is 9.94 Å². The molecule has 0 aliphatic carbocycles. The maximum absolute atomic E-state index is 11.3. The Morgan fingerprint density at radius 3 is 2.56 bits per heavy atom. The number of carbonyl (C=O) groups is 2. The molecule has 1 heterocycles. The standard InChI is InChI=1S/C11H11NO4/c13-9-6-10(14)12(11(9)15)16-7-8-4-2-1-3-5-8/h1-5,9,13H,6-7H2/t9-/m1/s1. The Bertz CT molecular complexity index is 404. The van der Waals surface area contributed by atoms with Crippen LogP contribution in [0.25, 0.3) is 0 Å². The van der Waals surface area contributed by atoms with E-state index >= 15 is 0 Å². The first-order valence-corrected chi connectivity index (χ1v) is 4.90. The van der Waals surface area contributed by atoms with Crippen molar-refractivity contribution in [2.45, 2.75) is 19.1 Å². The maximum Gasteiger partial charge on any atom is 0.282 e. The van der Waals surface area contributed by atoms with Gasteiger partial charge in [0.05, 0.1) is 6.42 Å². The summed E-state index contributed by atoms with van der Waals surface area (Å²) in [7, 11) is 0. The Morgan fingerprint density at radius 2 is 2.00 bits per heavy atom. The monoisotopic (exact) mass is 221 g/mol. The van der Waals surface area contributed by atoms with Crippen molar-refractivity contribution in [1.82, 2.24) is 5.06 Å². The number of hydroxylamine groups is 2. The molecule has 1 N–H and O–H groups in total. The van der Waals surface area contributed by atoms with Crippen molar-refractivity contribution in [1.29, 1.82) is 0 Å². The normalized spacial score (nSPS) is 20.6. The van der Waals surface area contributed by atoms with Gasteiger partial charge in [0.2, 0.25) is 0 Å². The first-order valence-electron chi connectivity index (χ1n) is 4.90. The highest BCUT2D eigenvalue weighted by molar-refractivity contribution is 6.03. The van der Waals surface area contributed by atoms with Gasteiger partial charge in [0.15, 0.2) is 0 Å². The number of imide groups is 1. The van der Waals surface area contributed by atoms with Crippen molar-refractivity contribution in [2.75, 3.05) is 0 Å². The van der Waals surface area contributed by atoms with Crippen LogP contribution in [0, 0.1) is 0 Å². The molecule has 0 saturated carbocycles. The Morgan fingerprint density at radius 1 is 1.31 bits per heavy atom. The largest absolute Gasteiger partial charge is 0.383 e. The number of amides is 2. The van der Waals surface area contributed by atoms with Gasteiger partial charge in [-0.1, -0.05) is 30.3 Å². The van der Waals surface area contributed by atoms with E-state index in [-0.39, 0.29) is 13.0 Å². The second kappa shape index (κ2) is 4.42. The first kappa shape index (κ1) is 10.8. The lowest BCUT2D eigenvalue weighted by molar-refractivity contribution is -0.193. The van der Waals surface area contributed by atoms with E-state index in [0.717, 1.165) is 5.56 Å². The minimum absolute atomic E-state index is 0.130. The topological polar surface area (TPSA) is 66.8 Å². The van der Waals surface area contributed by atoms with Crippen LogP contribution in [0.2, 0.25) is 0 Å². The highest BCUT2D eigenvalue weighted by atomic mass is 16.7. The highest BCUT2D eigenvalue weighted by Gasteiger charge is 2.38. The number of rotatable bonds is 3. The summed E-state index contributed by atoms with van der Waals surface area (Å²) in [6.07, 6.45) is -1.46. The number of aliphatic hydroxyl groups excluding tert-OH is 1. The predicted molar refractivity (Wildman–Crippen MR) is 53.7 cm³/mol. The minimum atomic E-state index is -1.26. The summed E-state index contributed by atoms with van der Waals surface area (Å²) in [6, 6.07) is 9.17. The van der Waals surface area contributed by atoms with Gasteiger partial charge in [-0.3, -0.25) is 14.4 Å². The van der Waals surface area contributed by atoms with E-state index in [1.165, 1.54) is 0 Å². The third-order valence-corrected chi connectivity index (χ3v) is 2.28. The molecule has 1 aliphatic rings. The van der Waals surface area contributed by atoms with Gasteiger partial charge in [0, 0.05) is 0 Å². The SMILES string of the molecule is O=C1C[C@@H](O)C(=O)N1OCc1ccccc1. The average molecular weight is 221 g/mol. The molecule has 84 valence electrons. The number of hydrogen-bond acceptors (Lipinski definition) is 4. The molecule has 5 nitrogen and oxygen atoms in total. The zero-order valence-electron chi connectivity index (χ0n) is 8.50. The van der Waals surface area contributed by atoms with Crippen molar-refractivity contribution in [3.8, 4) is 0 Å². The summed E-state index contributed by atoms with van der Waals surface area (Å²) >= 11 is 0. The molecule has 0 unspecified atom stereocenters. The third-order valence-electron chi connectivity index (χ3n) is 2.28. The van der Waals surface area contributed by atoms with Gasteiger partial charge in [0.25, 0.3) is 11.8 Å². The number of aliphatic hydroxyl groups is 1. The van der Waals surface area contributed by atoms with Crippen molar-refractivity contribution < 1.29 is 19.5 Å². The number of nitrogens with zero attached hydrogens (tertiary/aromatic N) is 1. The lowest BCUT2D eigenvalue weighted by Gasteiger charge is -2.13. The Balaban J connectivity index is 1.96. The quantitative estimate of drug-likeness (QED) is 0.742. The molecule has 5 heteroatoms. The van der Waals surface area contributed by atoms with Crippen LogP contribution in [0.15, 0.2) is 30.3 Å². The lowest BCUT2D eigenvalue weighted by atomic mass is 10.2. The van der Waals surface area contributed by atoms with Crippen molar-refractivity contribution in [2.24, 2.45) is 0 Å². The van der Waals surface area contributed by atoms with Gasteiger partial charge in [0.1, 0.15) is 12.7 Å². The van der Waals surface area contributed by atoms with E-state index in [1.54, 1.807) is 0 Å². The van der Waals surface area contributed by atoms with Gasteiger partial charge in [-0.15, -0.1) is 0 Å². The Labute approximate surface area is 92.2 Å². The van der Waals surface area contributed by atoms with Gasteiger partial charge in [-0.05, 0) is 5.56 Å². The molecule has 0 bridgehead atoms. The molecule has 1 aromatic carbocycles. The lowest BCUT2D eigenvalue weighted by Crippen LogP contribution is -2.31. The smallest absolute Gasteiger partial charge is 0.282 e. The fourth-order valence-electron chi connectivity index (χ4n) is 1.44. The number of benzene rings is 1. The van der Waals surface area contributed by atoms with Crippen LogP contribution in [-0.4, -0.2) is 28.1 Å². The zero-order chi connectivity index (χ0) is 11.5. The van der Waals surface area contributed by atoms with Gasteiger partial charge in [-0.2, -0.15) is 5.06 Å². The fraction of sp³-hybridized carbons (Fsp3) is 0.273. The molecule has 0 spiro atoms. The molecule has 0 aromatic heterocycles. The second-order valence-electron chi connectivity index (χ2n) is 3.51. The van der Waals surface area contributed by atoms with Crippen LogP contribution in [0.3, 0.4) is 0 Å². The van der Waals surface area contributed by atoms with Crippen molar-refractivity contribution in [3.63, 3.8) is 0 Å². The molecule has 1 aromatic rings. The summed E-state index contributed by atoms with van der Waals surface area (Å²) in [5, 5.41) is 9.78. The van der Waals surface area contributed by atoms with Crippen LogP contribution >= 0.6 is 0 Å². The fourth-order valence-corrected chi connectivity index (χ4v) is 1.44. The van der Waals surface area contributed by atoms with Crippen LogP contribution < -0.4 is 0 Å². The van der Waals surface area contributed by atoms with Crippen molar-refractivity contribution in [3.05, 3.63) is 35.9 Å². The summed E-state index contributed by atoms with van der Waals surface area (Å²) in [4.78, 5) is 27.6. The maximum atomic E-state index is 11.3. The van der Waals surface area contributed by atoms with E-state index in [2.05, 4.69) is 0 Å². The predicted octanol–water partition coefficient (Wildman–Crippen LogP) is 0.238. The van der Waals surface area contributed by atoms with E-state index in [1.807, 2.05) is 30.3 Å². The number of hydrogen-bond donors (Lipinski definition) is 1. The van der Waals surface area contributed by atoms with Crippen LogP contribution in [0.5, 0.6) is 0 Å². The van der Waals surface area contributed by atoms with Gasteiger partial charge >= 0.3 is 0 Å². The van der Waals surface area contributed by atoms with Gasteiger partial charge in [-0.25, -0.2) is 0 Å². The zero-order valence-corrected chi connectivity index (χ0v) is 8.50. The molecule has 2 rings (SSSR count). The summed E-state index contributed by atoms with van der Waals surface area (Å²) in [5.74, 6) is -1.20. The van der Waals surface area contributed by atoms with Crippen LogP contribution in [0.4, 0.5) is 0 Å².